The van der Waals surface area contributed by atoms with Crippen molar-refractivity contribution in [2.75, 3.05) is 13.1 Å². The smallest absolute Gasteiger partial charge is 0.199 e. The number of nitrogens with zero attached hydrogens (tertiary/aromatic N) is 1. The monoisotopic (exact) mass is 257 g/mol. The van der Waals surface area contributed by atoms with Crippen LogP contribution in [0.4, 0.5) is 0 Å². The molecule has 0 spiro atoms. The minimum atomic E-state index is 0.0662. The Labute approximate surface area is 113 Å². The second-order valence-corrected chi connectivity index (χ2v) is 4.50. The van der Waals surface area contributed by atoms with Gasteiger partial charge in [0.15, 0.2) is 11.5 Å². The van der Waals surface area contributed by atoms with Crippen molar-refractivity contribution in [2.45, 2.75) is 19.9 Å². The van der Waals surface area contributed by atoms with Crippen molar-refractivity contribution in [2.24, 2.45) is 0 Å². The fourth-order valence-corrected chi connectivity index (χ4v) is 2.01. The predicted octanol–water partition coefficient (Wildman–Crippen LogP) is 3.37. The maximum Gasteiger partial charge on any atom is 0.199 e. The fraction of sp³-hybridized carbons (Fsp3) is 0.312. The summed E-state index contributed by atoms with van der Waals surface area (Å²) < 4.78 is 5.11. The number of carbonyl (C=O) groups excluding carboxylic acids is 1. The van der Waals surface area contributed by atoms with Crippen LogP contribution in [0.1, 0.15) is 29.5 Å². The zero-order valence-electron chi connectivity index (χ0n) is 11.2. The highest BCUT2D eigenvalue weighted by Crippen LogP contribution is 2.08. The highest BCUT2D eigenvalue weighted by molar-refractivity contribution is 5.93. The van der Waals surface area contributed by atoms with Gasteiger partial charge < -0.3 is 4.42 Å². The summed E-state index contributed by atoms with van der Waals surface area (Å²) in [4.78, 5) is 14.1. The molecule has 0 saturated carbocycles. The quantitative estimate of drug-likeness (QED) is 0.713. The Morgan fingerprint density at radius 1 is 1.16 bits per heavy atom. The number of benzene rings is 1. The zero-order chi connectivity index (χ0) is 13.5. The molecule has 0 aliphatic heterocycles. The summed E-state index contributed by atoms with van der Waals surface area (Å²) in [5.74, 6) is 0.521. The number of hydrogen-bond donors (Lipinski definition) is 0. The molecule has 1 heterocycles. The molecule has 0 aliphatic carbocycles. The van der Waals surface area contributed by atoms with Gasteiger partial charge in [-0.1, -0.05) is 37.3 Å². The van der Waals surface area contributed by atoms with Crippen LogP contribution in [0.25, 0.3) is 0 Å². The van der Waals surface area contributed by atoms with Gasteiger partial charge in [-0.05, 0) is 24.2 Å². The Balaban J connectivity index is 1.84. The summed E-state index contributed by atoms with van der Waals surface area (Å²) >= 11 is 0. The lowest BCUT2D eigenvalue weighted by Crippen LogP contribution is -2.25. The molecule has 0 N–H and O–H groups in total. The van der Waals surface area contributed by atoms with E-state index in [4.69, 9.17) is 4.42 Å². The zero-order valence-corrected chi connectivity index (χ0v) is 11.2. The van der Waals surface area contributed by atoms with Crippen LogP contribution in [0.5, 0.6) is 0 Å². The highest BCUT2D eigenvalue weighted by atomic mass is 16.3. The first kappa shape index (κ1) is 13.6. The number of furan rings is 1. The molecule has 0 atom stereocenters. The molecule has 1 aromatic carbocycles. The van der Waals surface area contributed by atoms with Crippen LogP contribution in [-0.4, -0.2) is 23.8 Å². The molecule has 0 radical (unpaired) electrons. The molecule has 3 heteroatoms. The van der Waals surface area contributed by atoms with Gasteiger partial charge in [-0.15, -0.1) is 0 Å². The van der Waals surface area contributed by atoms with E-state index in [1.807, 2.05) is 18.2 Å². The third-order valence-corrected chi connectivity index (χ3v) is 3.15. The van der Waals surface area contributed by atoms with Gasteiger partial charge in [-0.3, -0.25) is 9.69 Å². The third-order valence-electron chi connectivity index (χ3n) is 3.15. The van der Waals surface area contributed by atoms with E-state index in [1.54, 1.807) is 12.1 Å². The minimum Gasteiger partial charge on any atom is -0.461 e. The molecule has 1 aromatic heterocycles. The fourth-order valence-electron chi connectivity index (χ4n) is 2.01. The van der Waals surface area contributed by atoms with E-state index in [0.717, 1.165) is 19.6 Å². The first-order chi connectivity index (χ1) is 9.29. The lowest BCUT2D eigenvalue weighted by Gasteiger charge is -2.19. The summed E-state index contributed by atoms with van der Waals surface area (Å²) in [6, 6.07) is 13.8. The molecule has 0 bridgehead atoms. The maximum absolute atomic E-state index is 11.9. The molecule has 0 saturated heterocycles. The number of rotatable bonds is 7. The molecule has 3 nitrogen and oxygen atoms in total. The Hall–Kier alpha value is -1.87. The van der Waals surface area contributed by atoms with Crippen molar-refractivity contribution in [3.63, 3.8) is 0 Å². The van der Waals surface area contributed by atoms with Crippen molar-refractivity contribution in [1.29, 1.82) is 0 Å². The van der Waals surface area contributed by atoms with E-state index < -0.39 is 0 Å². The topological polar surface area (TPSA) is 33.5 Å². The van der Waals surface area contributed by atoms with Gasteiger partial charge in [0.2, 0.25) is 0 Å². The Morgan fingerprint density at radius 2 is 1.95 bits per heavy atom. The van der Waals surface area contributed by atoms with Crippen molar-refractivity contribution in [3.05, 3.63) is 60.1 Å². The molecule has 100 valence electrons. The highest BCUT2D eigenvalue weighted by Gasteiger charge is 2.11. The van der Waals surface area contributed by atoms with Crippen molar-refractivity contribution >= 4 is 5.78 Å². The third kappa shape index (κ3) is 4.07. The van der Waals surface area contributed by atoms with Crippen LogP contribution in [-0.2, 0) is 6.54 Å². The Bertz CT molecular complexity index is 491. The van der Waals surface area contributed by atoms with Gasteiger partial charge in [0.05, 0.1) is 6.26 Å². The van der Waals surface area contributed by atoms with E-state index in [2.05, 4.69) is 24.0 Å². The summed E-state index contributed by atoms with van der Waals surface area (Å²) in [5, 5.41) is 0. The standard InChI is InChI=1S/C16H19NO2/c1-2-17(13-14-7-4-3-5-8-14)11-10-15(18)16-9-6-12-19-16/h3-9,12H,2,10-11,13H2,1H3. The van der Waals surface area contributed by atoms with E-state index in [0.29, 0.717) is 12.2 Å². The molecule has 2 rings (SSSR count). The SMILES string of the molecule is CCN(CCC(=O)c1ccco1)Cc1ccccc1. The first-order valence-electron chi connectivity index (χ1n) is 6.62. The average molecular weight is 257 g/mol. The van der Waals surface area contributed by atoms with Crippen LogP contribution >= 0.6 is 0 Å². The Morgan fingerprint density at radius 3 is 2.58 bits per heavy atom. The van der Waals surface area contributed by atoms with Crippen LogP contribution < -0.4 is 0 Å². The van der Waals surface area contributed by atoms with E-state index in [1.165, 1.54) is 11.8 Å². The van der Waals surface area contributed by atoms with Crippen molar-refractivity contribution in [3.8, 4) is 0 Å². The summed E-state index contributed by atoms with van der Waals surface area (Å²) in [5.41, 5.74) is 1.27. The van der Waals surface area contributed by atoms with Gasteiger partial charge in [0.25, 0.3) is 0 Å². The average Bonchev–Trinajstić information content (AvgIpc) is 2.98. The van der Waals surface area contributed by atoms with Crippen LogP contribution in [0.15, 0.2) is 53.1 Å². The summed E-state index contributed by atoms with van der Waals surface area (Å²) in [6.45, 7) is 4.67. The molecule has 2 aromatic rings. The molecular weight excluding hydrogens is 238 g/mol. The second-order valence-electron chi connectivity index (χ2n) is 4.50. The maximum atomic E-state index is 11.9. The normalized spacial score (nSPS) is 10.8. The van der Waals surface area contributed by atoms with Gasteiger partial charge in [0.1, 0.15) is 0 Å². The largest absolute Gasteiger partial charge is 0.461 e. The second kappa shape index (κ2) is 6.90. The van der Waals surface area contributed by atoms with Gasteiger partial charge in [-0.2, -0.15) is 0 Å². The molecule has 0 amide bonds. The van der Waals surface area contributed by atoms with E-state index in [9.17, 15) is 4.79 Å². The van der Waals surface area contributed by atoms with E-state index >= 15 is 0 Å². The molecular formula is C16H19NO2. The Kier molecular flexibility index (Phi) is 4.93. The lowest BCUT2D eigenvalue weighted by molar-refractivity contribution is 0.0936. The predicted molar refractivity (Wildman–Crippen MR) is 75.0 cm³/mol. The summed E-state index contributed by atoms with van der Waals surface area (Å²) in [7, 11) is 0. The molecule has 0 aliphatic rings. The van der Waals surface area contributed by atoms with Crippen LogP contribution in [0, 0.1) is 0 Å². The lowest BCUT2D eigenvalue weighted by atomic mass is 10.2. The van der Waals surface area contributed by atoms with Gasteiger partial charge in [0, 0.05) is 19.5 Å². The molecule has 19 heavy (non-hydrogen) atoms. The number of ketones is 1. The van der Waals surface area contributed by atoms with Gasteiger partial charge >= 0.3 is 0 Å². The van der Waals surface area contributed by atoms with Crippen molar-refractivity contribution < 1.29 is 9.21 Å². The first-order valence-corrected chi connectivity index (χ1v) is 6.62. The number of carbonyl (C=O) groups is 1. The number of Topliss-reactive ketones (excluding diaryl/α,β-unsaturated/α-hetero) is 1. The summed E-state index contributed by atoms with van der Waals surface area (Å²) in [6.07, 6.45) is 2.03. The minimum absolute atomic E-state index is 0.0662. The molecule has 0 unspecified atom stereocenters. The van der Waals surface area contributed by atoms with Gasteiger partial charge in [-0.25, -0.2) is 0 Å². The van der Waals surface area contributed by atoms with Crippen molar-refractivity contribution in [1.82, 2.24) is 4.90 Å². The molecule has 0 fully saturated rings. The number of hydrogen-bond acceptors (Lipinski definition) is 3. The van der Waals surface area contributed by atoms with E-state index in [-0.39, 0.29) is 5.78 Å². The van der Waals surface area contributed by atoms with Crippen LogP contribution in [0.3, 0.4) is 0 Å². The van der Waals surface area contributed by atoms with Crippen LogP contribution in [0.2, 0.25) is 0 Å².